The Morgan fingerprint density at radius 2 is 2.35 bits per heavy atom. The molecule has 2 rings (SSSR count). The Morgan fingerprint density at radius 3 is 3.00 bits per heavy atom. The molecule has 1 amide bonds. The molecule has 2 N–H and O–H groups in total. The molecule has 2 aromatic rings. The lowest BCUT2D eigenvalue weighted by atomic mass is 10.2. The summed E-state index contributed by atoms with van der Waals surface area (Å²) in [7, 11) is 0. The van der Waals surface area contributed by atoms with Crippen LogP contribution in [0.15, 0.2) is 22.1 Å². The molecule has 0 aliphatic rings. The predicted molar refractivity (Wildman–Crippen MR) is 80.2 cm³/mol. The van der Waals surface area contributed by atoms with Crippen LogP contribution in [-0.4, -0.2) is 17.4 Å². The summed E-state index contributed by atoms with van der Waals surface area (Å²) in [6.07, 6.45) is 2.59. The molecule has 0 saturated heterocycles. The van der Waals surface area contributed by atoms with Gasteiger partial charge in [0.15, 0.2) is 10.9 Å². The Hall–Kier alpha value is -1.66. The van der Waals surface area contributed by atoms with Crippen molar-refractivity contribution in [3.63, 3.8) is 0 Å². The maximum Gasteiger partial charge on any atom is 0.293 e. The number of furan rings is 1. The van der Waals surface area contributed by atoms with Gasteiger partial charge in [-0.1, -0.05) is 6.92 Å². The number of amides is 1. The van der Waals surface area contributed by atoms with Crippen LogP contribution in [0.1, 0.15) is 48.1 Å². The van der Waals surface area contributed by atoms with Crippen molar-refractivity contribution in [3.05, 3.63) is 34.7 Å². The van der Waals surface area contributed by atoms with Crippen LogP contribution >= 0.6 is 11.3 Å². The maximum absolute atomic E-state index is 12.0. The summed E-state index contributed by atoms with van der Waals surface area (Å²) in [6, 6.07) is 1.95. The lowest BCUT2D eigenvalue weighted by Gasteiger charge is -2.09. The van der Waals surface area contributed by atoms with E-state index in [1.54, 1.807) is 6.07 Å². The minimum absolute atomic E-state index is 0.183. The SMILES string of the molecule is CCCNC(C)c1csc(NC(=O)c2occc2C)n1. The van der Waals surface area contributed by atoms with Crippen molar-refractivity contribution < 1.29 is 9.21 Å². The fraction of sp³-hybridized carbons (Fsp3) is 0.429. The monoisotopic (exact) mass is 293 g/mol. The number of aryl methyl sites for hydroxylation is 1. The molecule has 1 atom stereocenters. The van der Waals surface area contributed by atoms with Crippen molar-refractivity contribution in [1.29, 1.82) is 0 Å². The van der Waals surface area contributed by atoms with Crippen LogP contribution in [0, 0.1) is 6.92 Å². The first-order valence-corrected chi connectivity index (χ1v) is 7.54. The summed E-state index contributed by atoms with van der Waals surface area (Å²) in [5, 5.41) is 8.67. The van der Waals surface area contributed by atoms with Crippen LogP contribution in [0.3, 0.4) is 0 Å². The average molecular weight is 293 g/mol. The summed E-state index contributed by atoms with van der Waals surface area (Å²) >= 11 is 1.42. The highest BCUT2D eigenvalue weighted by molar-refractivity contribution is 7.14. The van der Waals surface area contributed by atoms with E-state index in [1.807, 2.05) is 12.3 Å². The predicted octanol–water partition coefficient (Wildman–Crippen LogP) is 3.36. The van der Waals surface area contributed by atoms with E-state index in [-0.39, 0.29) is 11.9 Å². The zero-order valence-corrected chi connectivity index (χ0v) is 12.7. The number of anilines is 1. The quantitative estimate of drug-likeness (QED) is 0.857. The number of rotatable bonds is 6. The molecule has 2 aromatic heterocycles. The average Bonchev–Trinajstić information content (AvgIpc) is 3.05. The summed E-state index contributed by atoms with van der Waals surface area (Å²) in [5.74, 6) is 0.0708. The van der Waals surface area contributed by atoms with Gasteiger partial charge in [-0.2, -0.15) is 0 Å². The number of thiazole rings is 1. The third-order valence-corrected chi connectivity index (χ3v) is 3.73. The van der Waals surface area contributed by atoms with Crippen molar-refractivity contribution in [1.82, 2.24) is 10.3 Å². The normalized spacial score (nSPS) is 12.3. The second-order valence-corrected chi connectivity index (χ2v) is 5.50. The molecule has 6 heteroatoms. The number of hydrogen-bond donors (Lipinski definition) is 2. The highest BCUT2D eigenvalue weighted by atomic mass is 32.1. The largest absolute Gasteiger partial charge is 0.459 e. The van der Waals surface area contributed by atoms with Gasteiger partial charge >= 0.3 is 0 Å². The summed E-state index contributed by atoms with van der Waals surface area (Å²) < 4.78 is 5.16. The first-order chi connectivity index (χ1) is 9.61. The van der Waals surface area contributed by atoms with Crippen LogP contribution in [0.4, 0.5) is 5.13 Å². The molecule has 2 heterocycles. The molecule has 0 aromatic carbocycles. The van der Waals surface area contributed by atoms with Crippen molar-refractivity contribution in [3.8, 4) is 0 Å². The third kappa shape index (κ3) is 3.46. The second-order valence-electron chi connectivity index (χ2n) is 4.64. The Labute approximate surface area is 122 Å². The highest BCUT2D eigenvalue weighted by Gasteiger charge is 2.15. The van der Waals surface area contributed by atoms with E-state index in [1.165, 1.54) is 17.6 Å². The molecule has 0 bridgehead atoms. The molecule has 0 saturated carbocycles. The molecule has 108 valence electrons. The van der Waals surface area contributed by atoms with E-state index in [2.05, 4.69) is 29.5 Å². The fourth-order valence-corrected chi connectivity index (χ4v) is 2.57. The number of carbonyl (C=O) groups excluding carboxylic acids is 1. The highest BCUT2D eigenvalue weighted by Crippen LogP contribution is 2.21. The minimum Gasteiger partial charge on any atom is -0.459 e. The Balaban J connectivity index is 1.99. The molecule has 0 aliphatic carbocycles. The van der Waals surface area contributed by atoms with Crippen LogP contribution in [0.2, 0.25) is 0 Å². The first-order valence-electron chi connectivity index (χ1n) is 6.66. The number of aromatic nitrogens is 1. The molecule has 0 spiro atoms. The summed E-state index contributed by atoms with van der Waals surface area (Å²) in [5.41, 5.74) is 1.76. The van der Waals surface area contributed by atoms with Crippen LogP contribution in [0.5, 0.6) is 0 Å². The molecule has 1 unspecified atom stereocenters. The van der Waals surface area contributed by atoms with E-state index in [0.29, 0.717) is 10.9 Å². The first kappa shape index (κ1) is 14.7. The van der Waals surface area contributed by atoms with Gasteiger partial charge in [0, 0.05) is 17.0 Å². The topological polar surface area (TPSA) is 67.2 Å². The smallest absolute Gasteiger partial charge is 0.293 e. The van der Waals surface area contributed by atoms with Gasteiger partial charge in [-0.3, -0.25) is 10.1 Å². The zero-order valence-electron chi connectivity index (χ0n) is 11.9. The van der Waals surface area contributed by atoms with Crippen LogP contribution < -0.4 is 10.6 Å². The Bertz CT molecular complexity index is 576. The molecule has 20 heavy (non-hydrogen) atoms. The van der Waals surface area contributed by atoms with Gasteiger partial charge in [0.25, 0.3) is 5.91 Å². The molecule has 0 radical (unpaired) electrons. The third-order valence-electron chi connectivity index (χ3n) is 2.95. The second kappa shape index (κ2) is 6.67. The Morgan fingerprint density at radius 1 is 1.55 bits per heavy atom. The molecule has 0 aliphatic heterocycles. The number of nitrogens with zero attached hydrogens (tertiary/aromatic N) is 1. The van der Waals surface area contributed by atoms with Gasteiger partial charge in [-0.15, -0.1) is 11.3 Å². The number of nitrogens with one attached hydrogen (secondary N) is 2. The van der Waals surface area contributed by atoms with Crippen molar-refractivity contribution in [2.45, 2.75) is 33.2 Å². The van der Waals surface area contributed by atoms with Crippen LogP contribution in [-0.2, 0) is 0 Å². The van der Waals surface area contributed by atoms with E-state index in [9.17, 15) is 4.79 Å². The lowest BCUT2D eigenvalue weighted by molar-refractivity contribution is 0.0996. The number of hydrogen-bond acceptors (Lipinski definition) is 5. The van der Waals surface area contributed by atoms with Gasteiger partial charge < -0.3 is 9.73 Å². The summed E-state index contributed by atoms with van der Waals surface area (Å²) in [6.45, 7) is 6.97. The van der Waals surface area contributed by atoms with Crippen molar-refractivity contribution in [2.75, 3.05) is 11.9 Å². The van der Waals surface area contributed by atoms with E-state index >= 15 is 0 Å². The van der Waals surface area contributed by atoms with Crippen molar-refractivity contribution in [2.24, 2.45) is 0 Å². The minimum atomic E-state index is -0.262. The van der Waals surface area contributed by atoms with Gasteiger partial charge in [0.05, 0.1) is 12.0 Å². The van der Waals surface area contributed by atoms with Crippen molar-refractivity contribution >= 4 is 22.4 Å². The molecular formula is C14H19N3O2S. The van der Waals surface area contributed by atoms with Gasteiger partial charge in [0.1, 0.15) is 0 Å². The molecular weight excluding hydrogens is 274 g/mol. The lowest BCUT2D eigenvalue weighted by Crippen LogP contribution is -2.19. The maximum atomic E-state index is 12.0. The number of carbonyl (C=O) groups is 1. The van der Waals surface area contributed by atoms with Gasteiger partial charge in [-0.05, 0) is 32.9 Å². The van der Waals surface area contributed by atoms with E-state index in [4.69, 9.17) is 4.42 Å². The zero-order chi connectivity index (χ0) is 14.5. The standard InChI is InChI=1S/C14H19N3O2S/c1-4-6-15-10(3)11-8-20-14(16-11)17-13(18)12-9(2)5-7-19-12/h5,7-8,10,15H,4,6H2,1-3H3,(H,16,17,18). The van der Waals surface area contributed by atoms with Gasteiger partial charge in [-0.25, -0.2) is 4.98 Å². The fourth-order valence-electron chi connectivity index (χ4n) is 1.77. The Kier molecular flexibility index (Phi) is 4.92. The van der Waals surface area contributed by atoms with Crippen LogP contribution in [0.25, 0.3) is 0 Å². The molecule has 5 nitrogen and oxygen atoms in total. The summed E-state index contributed by atoms with van der Waals surface area (Å²) in [4.78, 5) is 16.4. The molecule has 0 fully saturated rings. The van der Waals surface area contributed by atoms with Gasteiger partial charge in [0.2, 0.25) is 0 Å². The van der Waals surface area contributed by atoms with E-state index in [0.717, 1.165) is 24.2 Å². The van der Waals surface area contributed by atoms with E-state index < -0.39 is 0 Å².